The first-order valence-electron chi connectivity index (χ1n) is 6.50. The van der Waals surface area contributed by atoms with Crippen molar-refractivity contribution in [1.82, 2.24) is 4.98 Å². The van der Waals surface area contributed by atoms with Gasteiger partial charge >= 0.3 is 0 Å². The van der Waals surface area contributed by atoms with Crippen LogP contribution in [0.15, 0.2) is 18.3 Å². The van der Waals surface area contributed by atoms with Crippen LogP contribution < -0.4 is 4.90 Å². The summed E-state index contributed by atoms with van der Waals surface area (Å²) in [6.45, 7) is 9.54. The molecule has 3 heteroatoms. The summed E-state index contributed by atoms with van der Waals surface area (Å²) in [4.78, 5) is 6.67. The predicted molar refractivity (Wildman–Crippen MR) is 72.3 cm³/mol. The van der Waals surface area contributed by atoms with Crippen molar-refractivity contribution >= 4 is 5.69 Å². The van der Waals surface area contributed by atoms with E-state index in [1.54, 1.807) is 0 Å². The molecule has 0 unspecified atom stereocenters. The van der Waals surface area contributed by atoms with Crippen LogP contribution in [-0.4, -0.2) is 22.7 Å². The molecule has 0 saturated heterocycles. The van der Waals surface area contributed by atoms with Crippen molar-refractivity contribution in [3.05, 3.63) is 24.0 Å². The molecular formula is C14H24N2O. The second kappa shape index (κ2) is 6.60. The maximum absolute atomic E-state index is 9.70. The molecule has 0 bridgehead atoms. The average Bonchev–Trinajstić information content (AvgIpc) is 2.35. The Morgan fingerprint density at radius 3 is 2.41 bits per heavy atom. The summed E-state index contributed by atoms with van der Waals surface area (Å²) in [7, 11) is 0. The monoisotopic (exact) mass is 236 g/mol. The summed E-state index contributed by atoms with van der Waals surface area (Å²) >= 11 is 0. The van der Waals surface area contributed by atoms with E-state index in [1.165, 1.54) is 0 Å². The minimum absolute atomic E-state index is 0.442. The first-order chi connectivity index (χ1) is 8.10. The Morgan fingerprint density at radius 2 is 2.00 bits per heavy atom. The average molecular weight is 236 g/mol. The van der Waals surface area contributed by atoms with Crippen LogP contribution in [0.3, 0.4) is 0 Å². The minimum atomic E-state index is -0.442. The van der Waals surface area contributed by atoms with Gasteiger partial charge in [-0.3, -0.25) is 4.98 Å². The number of aromatic nitrogens is 1. The molecule has 0 aliphatic heterocycles. The van der Waals surface area contributed by atoms with Gasteiger partial charge in [-0.05, 0) is 38.8 Å². The Hall–Kier alpha value is -1.09. The van der Waals surface area contributed by atoms with Gasteiger partial charge in [-0.2, -0.15) is 0 Å². The van der Waals surface area contributed by atoms with Crippen molar-refractivity contribution < 1.29 is 5.11 Å². The normalized spacial score (nSPS) is 12.8. The van der Waals surface area contributed by atoms with E-state index in [2.05, 4.69) is 36.7 Å². The van der Waals surface area contributed by atoms with Crippen molar-refractivity contribution in [3.8, 4) is 0 Å². The van der Waals surface area contributed by atoms with Gasteiger partial charge in [-0.1, -0.05) is 13.8 Å². The van der Waals surface area contributed by atoms with E-state index in [1.807, 2.05) is 19.2 Å². The van der Waals surface area contributed by atoms with Gasteiger partial charge in [0.15, 0.2) is 0 Å². The van der Waals surface area contributed by atoms with Crippen molar-refractivity contribution in [2.75, 3.05) is 11.4 Å². The Bertz CT molecular complexity index is 321. The van der Waals surface area contributed by atoms with E-state index in [9.17, 15) is 5.11 Å². The molecule has 1 N–H and O–H groups in total. The minimum Gasteiger partial charge on any atom is -0.387 e. The molecule has 0 fully saturated rings. The largest absolute Gasteiger partial charge is 0.387 e. The quantitative estimate of drug-likeness (QED) is 0.824. The van der Waals surface area contributed by atoms with E-state index in [-0.39, 0.29) is 0 Å². The highest BCUT2D eigenvalue weighted by molar-refractivity contribution is 5.45. The maximum Gasteiger partial charge on any atom is 0.0957 e. The smallest absolute Gasteiger partial charge is 0.0957 e. The summed E-state index contributed by atoms with van der Waals surface area (Å²) in [5, 5.41) is 9.70. The first kappa shape index (κ1) is 14.0. The Morgan fingerprint density at radius 1 is 1.29 bits per heavy atom. The number of nitrogens with zero attached hydrogens (tertiary/aromatic N) is 2. The zero-order chi connectivity index (χ0) is 12.8. The lowest BCUT2D eigenvalue weighted by molar-refractivity contribution is 0.169. The predicted octanol–water partition coefficient (Wildman–Crippen LogP) is 3.15. The second-order valence-corrected chi connectivity index (χ2v) is 4.65. The molecule has 96 valence electrons. The molecule has 0 aromatic carbocycles. The summed E-state index contributed by atoms with van der Waals surface area (Å²) in [5.74, 6) is 0. The summed E-state index contributed by atoms with van der Waals surface area (Å²) in [6, 6.07) is 4.45. The van der Waals surface area contributed by atoms with Crippen LogP contribution in [-0.2, 0) is 0 Å². The molecule has 0 radical (unpaired) electrons. The highest BCUT2D eigenvalue weighted by Gasteiger charge is 2.11. The van der Waals surface area contributed by atoms with E-state index in [4.69, 9.17) is 0 Å². The molecule has 0 saturated carbocycles. The third-order valence-electron chi connectivity index (χ3n) is 2.92. The van der Waals surface area contributed by atoms with Crippen LogP contribution in [0.1, 0.15) is 52.3 Å². The molecule has 0 aliphatic carbocycles. The number of aliphatic hydroxyl groups excluding tert-OH is 1. The highest BCUT2D eigenvalue weighted by Crippen LogP contribution is 2.20. The zero-order valence-electron chi connectivity index (χ0n) is 11.3. The third-order valence-corrected chi connectivity index (χ3v) is 2.92. The molecule has 1 rings (SSSR count). The van der Waals surface area contributed by atoms with Gasteiger partial charge in [0.05, 0.1) is 23.7 Å². The van der Waals surface area contributed by atoms with Gasteiger partial charge in [-0.25, -0.2) is 0 Å². The lowest BCUT2D eigenvalue weighted by Crippen LogP contribution is -2.31. The lowest BCUT2D eigenvalue weighted by atomic mass is 10.1. The fraction of sp³-hybridized carbons (Fsp3) is 0.643. The van der Waals surface area contributed by atoms with Gasteiger partial charge in [0.25, 0.3) is 0 Å². The van der Waals surface area contributed by atoms with Crippen molar-refractivity contribution in [3.63, 3.8) is 0 Å². The number of anilines is 1. The highest BCUT2D eigenvalue weighted by atomic mass is 16.3. The van der Waals surface area contributed by atoms with Crippen LogP contribution in [0.25, 0.3) is 0 Å². The molecule has 1 heterocycles. The van der Waals surface area contributed by atoms with Gasteiger partial charge in [-0.15, -0.1) is 0 Å². The summed E-state index contributed by atoms with van der Waals surface area (Å²) < 4.78 is 0. The van der Waals surface area contributed by atoms with E-state index >= 15 is 0 Å². The molecule has 0 amide bonds. The number of aliphatic hydroxyl groups is 1. The molecule has 1 atom stereocenters. The van der Waals surface area contributed by atoms with Crippen LogP contribution in [0.5, 0.6) is 0 Å². The van der Waals surface area contributed by atoms with Crippen LogP contribution in [0.4, 0.5) is 5.69 Å². The van der Waals surface area contributed by atoms with Crippen molar-refractivity contribution in [2.45, 2.75) is 52.7 Å². The standard InChI is InChI=1S/C14H24N2O/c1-5-9-16(11(3)4)12-7-8-13(15-10-12)14(17)6-2/h7-8,10-11,14,17H,5-6,9H2,1-4H3/t14-/m1/s1. The lowest BCUT2D eigenvalue weighted by Gasteiger charge is -2.28. The van der Waals surface area contributed by atoms with Gasteiger partial charge in [0.1, 0.15) is 0 Å². The number of rotatable bonds is 6. The fourth-order valence-electron chi connectivity index (χ4n) is 1.90. The van der Waals surface area contributed by atoms with Crippen molar-refractivity contribution in [2.24, 2.45) is 0 Å². The second-order valence-electron chi connectivity index (χ2n) is 4.65. The van der Waals surface area contributed by atoms with E-state index in [0.717, 1.165) is 24.3 Å². The molecule has 1 aromatic rings. The topological polar surface area (TPSA) is 36.4 Å². The Balaban J connectivity index is 2.84. The van der Waals surface area contributed by atoms with E-state index < -0.39 is 6.10 Å². The molecule has 1 aromatic heterocycles. The number of hydrogen-bond acceptors (Lipinski definition) is 3. The Kier molecular flexibility index (Phi) is 5.42. The zero-order valence-corrected chi connectivity index (χ0v) is 11.3. The summed E-state index contributed by atoms with van der Waals surface area (Å²) in [5.41, 5.74) is 1.89. The first-order valence-corrected chi connectivity index (χ1v) is 6.50. The van der Waals surface area contributed by atoms with Gasteiger partial charge in [0, 0.05) is 12.6 Å². The fourth-order valence-corrected chi connectivity index (χ4v) is 1.90. The SMILES string of the molecule is CCCN(c1ccc([C@H](O)CC)nc1)C(C)C. The Labute approximate surface area is 104 Å². The molecule has 0 spiro atoms. The van der Waals surface area contributed by atoms with Crippen LogP contribution >= 0.6 is 0 Å². The molecule has 0 aliphatic rings. The number of hydrogen-bond donors (Lipinski definition) is 1. The van der Waals surface area contributed by atoms with Gasteiger partial charge in [0.2, 0.25) is 0 Å². The van der Waals surface area contributed by atoms with Crippen LogP contribution in [0.2, 0.25) is 0 Å². The van der Waals surface area contributed by atoms with Crippen molar-refractivity contribution in [1.29, 1.82) is 0 Å². The summed E-state index contributed by atoms with van der Waals surface area (Å²) in [6.07, 6.45) is 3.25. The van der Waals surface area contributed by atoms with E-state index in [0.29, 0.717) is 12.5 Å². The maximum atomic E-state index is 9.70. The third kappa shape index (κ3) is 3.70. The molecule has 17 heavy (non-hydrogen) atoms. The molecular weight excluding hydrogens is 212 g/mol. The van der Waals surface area contributed by atoms with Crippen LogP contribution in [0, 0.1) is 0 Å². The number of pyridine rings is 1. The van der Waals surface area contributed by atoms with Gasteiger partial charge < -0.3 is 10.0 Å². The molecule has 3 nitrogen and oxygen atoms in total.